The summed E-state index contributed by atoms with van der Waals surface area (Å²) in [6.07, 6.45) is 1.06. The topological polar surface area (TPSA) is 47.6 Å². The summed E-state index contributed by atoms with van der Waals surface area (Å²) in [5, 5.41) is 3.38. The van der Waals surface area contributed by atoms with E-state index in [-0.39, 0.29) is 5.91 Å². The van der Waals surface area contributed by atoms with Crippen molar-refractivity contribution in [3.8, 4) is 11.5 Å². The maximum atomic E-state index is 12.1. The van der Waals surface area contributed by atoms with Crippen molar-refractivity contribution in [3.05, 3.63) is 59.1 Å². The van der Waals surface area contributed by atoms with Gasteiger partial charge >= 0.3 is 0 Å². The van der Waals surface area contributed by atoms with Crippen LogP contribution < -0.4 is 14.8 Å². The minimum Gasteiger partial charge on any atom is -0.496 e. The Bertz CT molecular complexity index is 675. The van der Waals surface area contributed by atoms with Crippen molar-refractivity contribution < 1.29 is 14.3 Å². The first-order valence-electron chi connectivity index (χ1n) is 7.92. The Morgan fingerprint density at radius 3 is 2.50 bits per heavy atom. The molecule has 1 N–H and O–H groups in total. The molecule has 0 aliphatic heterocycles. The molecule has 0 radical (unpaired) electrons. The Morgan fingerprint density at radius 2 is 1.79 bits per heavy atom. The van der Waals surface area contributed by atoms with Crippen LogP contribution in [0.15, 0.2) is 48.5 Å². The fourth-order valence-corrected chi connectivity index (χ4v) is 2.51. The highest BCUT2D eigenvalue weighted by molar-refractivity contribution is 6.32. The van der Waals surface area contributed by atoms with Gasteiger partial charge in [0.25, 0.3) is 5.91 Å². The van der Waals surface area contributed by atoms with Crippen LogP contribution in [0, 0.1) is 0 Å². The van der Waals surface area contributed by atoms with E-state index in [0.717, 1.165) is 24.2 Å². The first-order chi connectivity index (χ1) is 11.6. The standard InChI is InChI=1S/C19H22ClNO3/c1-14(24-18-12-6-4-10-16(18)20)19(22)21-13-7-9-15-8-3-5-11-17(15)23-2/h3-6,8,10-12,14H,7,9,13H2,1-2H3,(H,21,22). The maximum absolute atomic E-state index is 12.1. The molecule has 1 atom stereocenters. The second kappa shape index (κ2) is 9.18. The number of carbonyl (C=O) groups excluding carboxylic acids is 1. The Kier molecular flexibility index (Phi) is 6.94. The van der Waals surface area contributed by atoms with Crippen LogP contribution in [-0.4, -0.2) is 25.7 Å². The van der Waals surface area contributed by atoms with Crippen LogP contribution in [-0.2, 0) is 11.2 Å². The van der Waals surface area contributed by atoms with Gasteiger partial charge in [-0.25, -0.2) is 0 Å². The quantitative estimate of drug-likeness (QED) is 0.737. The van der Waals surface area contributed by atoms with Gasteiger partial charge in [-0.1, -0.05) is 41.9 Å². The number of hydrogen-bond donors (Lipinski definition) is 1. The van der Waals surface area contributed by atoms with Gasteiger partial charge in [0.2, 0.25) is 0 Å². The summed E-state index contributed by atoms with van der Waals surface area (Å²) in [7, 11) is 1.66. The molecule has 1 amide bonds. The summed E-state index contributed by atoms with van der Waals surface area (Å²) >= 11 is 6.03. The van der Waals surface area contributed by atoms with Crippen molar-refractivity contribution in [2.24, 2.45) is 0 Å². The summed E-state index contributed by atoms with van der Waals surface area (Å²) in [6.45, 7) is 2.28. The zero-order chi connectivity index (χ0) is 17.4. The summed E-state index contributed by atoms with van der Waals surface area (Å²) < 4.78 is 10.9. The van der Waals surface area contributed by atoms with Gasteiger partial charge in [0.05, 0.1) is 12.1 Å². The number of aryl methyl sites for hydroxylation is 1. The van der Waals surface area contributed by atoms with Crippen LogP contribution >= 0.6 is 11.6 Å². The van der Waals surface area contributed by atoms with E-state index in [9.17, 15) is 4.79 Å². The lowest BCUT2D eigenvalue weighted by atomic mass is 10.1. The number of carbonyl (C=O) groups is 1. The maximum Gasteiger partial charge on any atom is 0.260 e. The molecule has 0 aliphatic carbocycles. The van der Waals surface area contributed by atoms with E-state index in [1.165, 1.54) is 0 Å². The zero-order valence-electron chi connectivity index (χ0n) is 13.9. The fraction of sp³-hybridized carbons (Fsp3) is 0.316. The molecule has 0 saturated carbocycles. The van der Waals surface area contributed by atoms with Crippen LogP contribution in [0.25, 0.3) is 0 Å². The molecule has 0 saturated heterocycles. The summed E-state index contributed by atoms with van der Waals surface area (Å²) in [6, 6.07) is 15.0. The van der Waals surface area contributed by atoms with Crippen LogP contribution in [0.1, 0.15) is 18.9 Å². The molecule has 0 aliphatic rings. The molecule has 4 nitrogen and oxygen atoms in total. The average molecular weight is 348 g/mol. The molecule has 2 rings (SSSR count). The van der Waals surface area contributed by atoms with Crippen molar-refractivity contribution in [2.45, 2.75) is 25.9 Å². The highest BCUT2D eigenvalue weighted by atomic mass is 35.5. The minimum atomic E-state index is -0.601. The first kappa shape index (κ1) is 18.1. The molecule has 0 bridgehead atoms. The van der Waals surface area contributed by atoms with Gasteiger partial charge in [0.1, 0.15) is 11.5 Å². The van der Waals surface area contributed by atoms with Crippen molar-refractivity contribution >= 4 is 17.5 Å². The second-order valence-corrected chi connectivity index (χ2v) is 5.80. The number of nitrogens with one attached hydrogen (secondary N) is 1. The molecule has 0 spiro atoms. The largest absolute Gasteiger partial charge is 0.496 e. The molecule has 0 heterocycles. The number of rotatable bonds is 8. The fourth-order valence-electron chi connectivity index (χ4n) is 2.33. The van der Waals surface area contributed by atoms with Gasteiger partial charge < -0.3 is 14.8 Å². The third-order valence-corrected chi connectivity index (χ3v) is 3.94. The first-order valence-corrected chi connectivity index (χ1v) is 8.30. The molecule has 128 valence electrons. The SMILES string of the molecule is COc1ccccc1CCCNC(=O)C(C)Oc1ccccc1Cl. The predicted molar refractivity (Wildman–Crippen MR) is 95.9 cm³/mol. The van der Waals surface area contributed by atoms with Gasteiger partial charge in [-0.15, -0.1) is 0 Å². The highest BCUT2D eigenvalue weighted by Crippen LogP contribution is 2.24. The van der Waals surface area contributed by atoms with Gasteiger partial charge in [0, 0.05) is 6.54 Å². The Balaban J connectivity index is 1.75. The lowest BCUT2D eigenvalue weighted by Gasteiger charge is -2.15. The third-order valence-electron chi connectivity index (χ3n) is 3.62. The molecule has 2 aromatic rings. The third kappa shape index (κ3) is 5.17. The van der Waals surface area contributed by atoms with Crippen molar-refractivity contribution in [3.63, 3.8) is 0 Å². The minimum absolute atomic E-state index is 0.157. The summed E-state index contributed by atoms with van der Waals surface area (Å²) in [4.78, 5) is 12.1. The normalized spacial score (nSPS) is 11.6. The van der Waals surface area contributed by atoms with Crippen LogP contribution in [0.2, 0.25) is 5.02 Å². The van der Waals surface area contributed by atoms with E-state index in [4.69, 9.17) is 21.1 Å². The van der Waals surface area contributed by atoms with Crippen LogP contribution in [0.5, 0.6) is 11.5 Å². The van der Waals surface area contributed by atoms with Crippen LogP contribution in [0.3, 0.4) is 0 Å². The number of ether oxygens (including phenoxy) is 2. The number of amides is 1. The molecule has 0 fully saturated rings. The number of benzene rings is 2. The highest BCUT2D eigenvalue weighted by Gasteiger charge is 2.15. The van der Waals surface area contributed by atoms with Gasteiger partial charge in [-0.3, -0.25) is 4.79 Å². The average Bonchev–Trinajstić information content (AvgIpc) is 2.60. The molecule has 2 aromatic carbocycles. The van der Waals surface area contributed by atoms with Crippen molar-refractivity contribution in [1.29, 1.82) is 0 Å². The van der Waals surface area contributed by atoms with Gasteiger partial charge in [0.15, 0.2) is 6.10 Å². The Morgan fingerprint density at radius 1 is 1.12 bits per heavy atom. The second-order valence-electron chi connectivity index (χ2n) is 5.40. The molecule has 5 heteroatoms. The van der Waals surface area contributed by atoms with Crippen molar-refractivity contribution in [1.82, 2.24) is 5.32 Å². The summed E-state index contributed by atoms with van der Waals surface area (Å²) in [5.41, 5.74) is 1.13. The lowest BCUT2D eigenvalue weighted by Crippen LogP contribution is -2.37. The lowest BCUT2D eigenvalue weighted by molar-refractivity contribution is -0.127. The molecule has 24 heavy (non-hydrogen) atoms. The monoisotopic (exact) mass is 347 g/mol. The number of methoxy groups -OCH3 is 1. The zero-order valence-corrected chi connectivity index (χ0v) is 14.7. The molecule has 1 unspecified atom stereocenters. The van der Waals surface area contributed by atoms with E-state index in [1.54, 1.807) is 26.2 Å². The van der Waals surface area contributed by atoms with E-state index in [0.29, 0.717) is 17.3 Å². The molecular weight excluding hydrogens is 326 g/mol. The molecule has 0 aromatic heterocycles. The smallest absolute Gasteiger partial charge is 0.260 e. The van der Waals surface area contributed by atoms with Crippen LogP contribution in [0.4, 0.5) is 0 Å². The van der Waals surface area contributed by atoms with E-state index in [1.807, 2.05) is 36.4 Å². The van der Waals surface area contributed by atoms with E-state index >= 15 is 0 Å². The Labute approximate surface area is 147 Å². The van der Waals surface area contributed by atoms with Gasteiger partial charge in [-0.2, -0.15) is 0 Å². The number of hydrogen-bond acceptors (Lipinski definition) is 3. The van der Waals surface area contributed by atoms with Gasteiger partial charge in [-0.05, 0) is 43.5 Å². The summed E-state index contributed by atoms with van der Waals surface area (Å²) in [5.74, 6) is 1.23. The molecular formula is C19H22ClNO3. The van der Waals surface area contributed by atoms with Crippen molar-refractivity contribution in [2.75, 3.05) is 13.7 Å². The number of para-hydroxylation sites is 2. The van der Waals surface area contributed by atoms with E-state index in [2.05, 4.69) is 5.32 Å². The number of halogens is 1. The predicted octanol–water partition coefficient (Wildman–Crippen LogP) is 3.86. The van der Waals surface area contributed by atoms with E-state index < -0.39 is 6.10 Å². The Hall–Kier alpha value is -2.20.